The molecule has 2 heteroatoms. The molecule has 12 aromatic carbocycles. The van der Waals surface area contributed by atoms with Gasteiger partial charge in [-0.25, -0.2) is 0 Å². The van der Waals surface area contributed by atoms with Crippen molar-refractivity contribution in [3.63, 3.8) is 0 Å². The largest absolute Gasteiger partial charge is 0.455 e. The average molecular weight is 840 g/mol. The van der Waals surface area contributed by atoms with E-state index in [4.69, 9.17) is 4.42 Å². The predicted octanol–water partition coefficient (Wildman–Crippen LogP) is 18.3. The van der Waals surface area contributed by atoms with Crippen molar-refractivity contribution in [3.8, 4) is 44.5 Å². The van der Waals surface area contributed by atoms with E-state index in [9.17, 15) is 0 Å². The summed E-state index contributed by atoms with van der Waals surface area (Å²) in [5.74, 6) is 0. The Morgan fingerprint density at radius 3 is 1.59 bits per heavy atom. The standard InChI is InChI=1S/C64H41NO/c1-3-19-45(20-4-1)61-54-28-12-11-26-51(54)52-39-36-47(41-57(52)62(61)46-21-5-2-6-22-46)42-33-37-48(38-34-42)65(58-31-15-23-43-17-7-9-24-49(43)58)59-30-14-13-27-53(59)55-29-16-32-60-63(55)56-40-35-44-18-8-10-25-50(44)64(56)66-60/h1-41H. The molecule has 0 radical (unpaired) electrons. The highest BCUT2D eigenvalue weighted by molar-refractivity contribution is 6.23. The van der Waals surface area contributed by atoms with Gasteiger partial charge in [0.1, 0.15) is 11.2 Å². The first-order valence-electron chi connectivity index (χ1n) is 22.7. The SMILES string of the molecule is c1ccc(-c2c(-c3ccccc3)c3cc(-c4ccc(N(c5ccccc5-c5cccc6oc7c8ccccc8ccc7c56)c5cccc6ccccc56)cc4)ccc3c3ccccc23)cc1. The molecule has 0 aliphatic heterocycles. The Labute approximate surface area is 382 Å². The molecule has 13 rings (SSSR count). The molecule has 0 spiro atoms. The van der Waals surface area contributed by atoms with Crippen molar-refractivity contribution in [1.82, 2.24) is 0 Å². The van der Waals surface area contributed by atoms with E-state index >= 15 is 0 Å². The van der Waals surface area contributed by atoms with Crippen molar-refractivity contribution in [3.05, 3.63) is 249 Å². The Morgan fingerprint density at radius 1 is 0.288 bits per heavy atom. The van der Waals surface area contributed by atoms with Crippen LogP contribution in [0.4, 0.5) is 17.1 Å². The average Bonchev–Trinajstić information content (AvgIpc) is 3.79. The van der Waals surface area contributed by atoms with Crippen molar-refractivity contribution in [1.29, 1.82) is 0 Å². The second-order valence-electron chi connectivity index (χ2n) is 17.1. The van der Waals surface area contributed by atoms with Crippen LogP contribution in [0.2, 0.25) is 0 Å². The molecule has 0 unspecified atom stereocenters. The molecule has 0 atom stereocenters. The van der Waals surface area contributed by atoms with Crippen LogP contribution in [0.15, 0.2) is 253 Å². The lowest BCUT2D eigenvalue weighted by molar-refractivity contribution is 0.673. The molecular formula is C64H41NO. The number of fused-ring (bicyclic) bond motifs is 9. The van der Waals surface area contributed by atoms with E-state index in [-0.39, 0.29) is 0 Å². The van der Waals surface area contributed by atoms with Crippen LogP contribution in [-0.4, -0.2) is 0 Å². The highest BCUT2D eigenvalue weighted by Gasteiger charge is 2.23. The van der Waals surface area contributed by atoms with Crippen LogP contribution in [-0.2, 0) is 0 Å². The van der Waals surface area contributed by atoms with Crippen molar-refractivity contribution in [2.24, 2.45) is 0 Å². The van der Waals surface area contributed by atoms with E-state index in [1.54, 1.807) is 0 Å². The van der Waals surface area contributed by atoms with E-state index in [1.807, 2.05) is 0 Å². The number of benzene rings is 12. The van der Waals surface area contributed by atoms with Gasteiger partial charge in [0.15, 0.2) is 0 Å². The highest BCUT2D eigenvalue weighted by atomic mass is 16.3. The number of furan rings is 1. The molecule has 1 heterocycles. The van der Waals surface area contributed by atoms with Gasteiger partial charge in [0.05, 0.1) is 11.4 Å². The van der Waals surface area contributed by atoms with E-state index < -0.39 is 0 Å². The lowest BCUT2D eigenvalue weighted by Gasteiger charge is -2.29. The van der Waals surface area contributed by atoms with Gasteiger partial charge in [-0.2, -0.15) is 0 Å². The van der Waals surface area contributed by atoms with Gasteiger partial charge in [0.2, 0.25) is 0 Å². The first-order chi connectivity index (χ1) is 32.8. The third-order valence-corrected chi connectivity index (χ3v) is 13.4. The first kappa shape index (κ1) is 37.8. The third-order valence-electron chi connectivity index (χ3n) is 13.4. The van der Waals surface area contributed by atoms with Crippen molar-refractivity contribution in [2.45, 2.75) is 0 Å². The molecule has 0 saturated heterocycles. The summed E-state index contributed by atoms with van der Waals surface area (Å²) in [6, 6.07) is 90.2. The molecule has 66 heavy (non-hydrogen) atoms. The van der Waals surface area contributed by atoms with Crippen molar-refractivity contribution < 1.29 is 4.42 Å². The van der Waals surface area contributed by atoms with Gasteiger partial charge in [-0.3, -0.25) is 0 Å². The lowest BCUT2D eigenvalue weighted by atomic mass is 9.84. The predicted molar refractivity (Wildman–Crippen MR) is 280 cm³/mol. The van der Waals surface area contributed by atoms with Gasteiger partial charge in [0.25, 0.3) is 0 Å². The summed E-state index contributed by atoms with van der Waals surface area (Å²) in [5, 5.41) is 11.9. The van der Waals surface area contributed by atoms with Gasteiger partial charge in [-0.05, 0) is 114 Å². The number of hydrogen-bond acceptors (Lipinski definition) is 2. The van der Waals surface area contributed by atoms with E-state index in [1.165, 1.54) is 65.5 Å². The molecule has 0 fully saturated rings. The maximum absolute atomic E-state index is 6.71. The van der Waals surface area contributed by atoms with Gasteiger partial charge in [-0.15, -0.1) is 0 Å². The van der Waals surface area contributed by atoms with Gasteiger partial charge in [0, 0.05) is 32.8 Å². The fourth-order valence-electron chi connectivity index (χ4n) is 10.5. The molecule has 0 N–H and O–H groups in total. The summed E-state index contributed by atoms with van der Waals surface area (Å²) >= 11 is 0. The molecule has 0 bridgehead atoms. The van der Waals surface area contributed by atoms with Crippen LogP contribution in [0.3, 0.4) is 0 Å². The maximum Gasteiger partial charge on any atom is 0.143 e. The number of nitrogens with zero attached hydrogens (tertiary/aromatic N) is 1. The third kappa shape index (κ3) is 6.11. The monoisotopic (exact) mass is 839 g/mol. The molecule has 0 aliphatic rings. The van der Waals surface area contributed by atoms with Crippen LogP contribution in [0.25, 0.3) is 110 Å². The zero-order valence-corrected chi connectivity index (χ0v) is 36.0. The molecule has 0 saturated carbocycles. The highest BCUT2D eigenvalue weighted by Crippen LogP contribution is 2.49. The van der Waals surface area contributed by atoms with E-state index in [2.05, 4.69) is 254 Å². The normalized spacial score (nSPS) is 11.6. The Morgan fingerprint density at radius 2 is 0.818 bits per heavy atom. The topological polar surface area (TPSA) is 16.4 Å². The van der Waals surface area contributed by atoms with Crippen LogP contribution in [0.5, 0.6) is 0 Å². The molecule has 0 aliphatic carbocycles. The fourth-order valence-corrected chi connectivity index (χ4v) is 10.5. The summed E-state index contributed by atoms with van der Waals surface area (Å²) in [5.41, 5.74) is 14.6. The van der Waals surface area contributed by atoms with Crippen LogP contribution >= 0.6 is 0 Å². The zero-order chi connectivity index (χ0) is 43.6. The van der Waals surface area contributed by atoms with Crippen LogP contribution in [0, 0.1) is 0 Å². The quantitative estimate of drug-likeness (QED) is 0.149. The molecule has 1 aromatic heterocycles. The van der Waals surface area contributed by atoms with E-state index in [0.29, 0.717) is 0 Å². The molecule has 308 valence electrons. The Kier molecular flexibility index (Phi) is 8.89. The summed E-state index contributed by atoms with van der Waals surface area (Å²) in [4.78, 5) is 2.43. The Hall–Kier alpha value is -8.72. The summed E-state index contributed by atoms with van der Waals surface area (Å²) in [6.07, 6.45) is 0. The number of anilines is 3. The smallest absolute Gasteiger partial charge is 0.143 e. The molecule has 0 amide bonds. The van der Waals surface area contributed by atoms with Gasteiger partial charge < -0.3 is 9.32 Å². The first-order valence-corrected chi connectivity index (χ1v) is 22.7. The van der Waals surface area contributed by atoms with Gasteiger partial charge in [-0.1, -0.05) is 206 Å². The lowest BCUT2D eigenvalue weighted by Crippen LogP contribution is -2.11. The number of para-hydroxylation sites is 1. The maximum atomic E-state index is 6.71. The fraction of sp³-hybridized carbons (Fsp3) is 0. The summed E-state index contributed by atoms with van der Waals surface area (Å²) in [6.45, 7) is 0. The minimum Gasteiger partial charge on any atom is -0.455 e. The number of rotatable bonds is 7. The minimum absolute atomic E-state index is 0.879. The number of hydrogen-bond donors (Lipinski definition) is 0. The second kappa shape index (κ2) is 15.5. The minimum atomic E-state index is 0.879. The van der Waals surface area contributed by atoms with E-state index in [0.717, 1.165) is 61.1 Å². The summed E-state index contributed by atoms with van der Waals surface area (Å²) in [7, 11) is 0. The van der Waals surface area contributed by atoms with Crippen molar-refractivity contribution >= 4 is 82.1 Å². The molecular weight excluding hydrogens is 799 g/mol. The molecule has 2 nitrogen and oxygen atoms in total. The van der Waals surface area contributed by atoms with Gasteiger partial charge >= 0.3 is 0 Å². The zero-order valence-electron chi connectivity index (χ0n) is 36.0. The molecule has 13 aromatic rings. The Bertz CT molecular complexity index is 3970. The van der Waals surface area contributed by atoms with Crippen molar-refractivity contribution in [2.75, 3.05) is 4.90 Å². The van der Waals surface area contributed by atoms with Crippen LogP contribution < -0.4 is 4.90 Å². The second-order valence-corrected chi connectivity index (χ2v) is 17.1. The Balaban J connectivity index is 1.00. The van der Waals surface area contributed by atoms with Crippen LogP contribution in [0.1, 0.15) is 0 Å². The summed E-state index contributed by atoms with van der Waals surface area (Å²) < 4.78 is 6.71.